The SMILES string of the molecule is COc1ccsc1C(=O)Nc1ccc(C#CCO)c(C)c1. The average Bonchev–Trinajstić information content (AvgIpc) is 2.95. The summed E-state index contributed by atoms with van der Waals surface area (Å²) in [6.07, 6.45) is 0. The van der Waals surface area contributed by atoms with E-state index in [1.165, 1.54) is 18.4 Å². The predicted octanol–water partition coefficient (Wildman–Crippen LogP) is 2.66. The summed E-state index contributed by atoms with van der Waals surface area (Å²) in [5.74, 6) is 5.84. The summed E-state index contributed by atoms with van der Waals surface area (Å²) in [7, 11) is 1.54. The fourth-order valence-electron chi connectivity index (χ4n) is 1.83. The van der Waals surface area contributed by atoms with Crippen LogP contribution >= 0.6 is 11.3 Å². The van der Waals surface area contributed by atoms with Crippen molar-refractivity contribution in [3.63, 3.8) is 0 Å². The molecule has 0 unspecified atom stereocenters. The van der Waals surface area contributed by atoms with Gasteiger partial charge in [0.15, 0.2) is 0 Å². The lowest BCUT2D eigenvalue weighted by Gasteiger charge is -2.07. The highest BCUT2D eigenvalue weighted by Gasteiger charge is 2.14. The molecule has 2 rings (SSSR count). The van der Waals surface area contributed by atoms with Crippen LogP contribution in [0.4, 0.5) is 5.69 Å². The average molecular weight is 301 g/mol. The van der Waals surface area contributed by atoms with Crippen LogP contribution in [-0.4, -0.2) is 24.7 Å². The van der Waals surface area contributed by atoms with Crippen LogP contribution in [0.3, 0.4) is 0 Å². The number of aliphatic hydroxyl groups is 1. The van der Waals surface area contributed by atoms with E-state index in [-0.39, 0.29) is 12.5 Å². The molecule has 2 aromatic rings. The number of methoxy groups -OCH3 is 1. The lowest BCUT2D eigenvalue weighted by Crippen LogP contribution is -2.11. The van der Waals surface area contributed by atoms with Crippen molar-refractivity contribution in [1.29, 1.82) is 0 Å². The number of carbonyl (C=O) groups is 1. The van der Waals surface area contributed by atoms with Crippen molar-refractivity contribution in [2.75, 3.05) is 19.0 Å². The number of aliphatic hydroxyl groups excluding tert-OH is 1. The minimum absolute atomic E-state index is 0.171. The van der Waals surface area contributed by atoms with Gasteiger partial charge in [-0.3, -0.25) is 4.79 Å². The van der Waals surface area contributed by atoms with Gasteiger partial charge in [0.05, 0.1) is 7.11 Å². The Kier molecular flexibility index (Phi) is 4.99. The Balaban J connectivity index is 2.17. The Morgan fingerprint density at radius 1 is 1.43 bits per heavy atom. The summed E-state index contributed by atoms with van der Waals surface area (Å²) >= 11 is 1.33. The maximum atomic E-state index is 12.2. The molecule has 1 aromatic carbocycles. The van der Waals surface area contributed by atoms with E-state index in [4.69, 9.17) is 9.84 Å². The van der Waals surface area contributed by atoms with Crippen LogP contribution in [0.25, 0.3) is 0 Å². The first-order chi connectivity index (χ1) is 10.2. The standard InChI is InChI=1S/C16H15NO3S/c1-11-10-13(6-5-12(11)4-3-8-18)17-16(19)15-14(20-2)7-9-21-15/h5-7,9-10,18H,8H2,1-2H3,(H,17,19). The summed E-state index contributed by atoms with van der Waals surface area (Å²) in [6.45, 7) is 1.73. The van der Waals surface area contributed by atoms with E-state index in [1.807, 2.05) is 24.4 Å². The molecule has 0 aliphatic rings. The van der Waals surface area contributed by atoms with Crippen LogP contribution in [0, 0.1) is 18.8 Å². The van der Waals surface area contributed by atoms with Gasteiger partial charge in [-0.1, -0.05) is 11.8 Å². The zero-order valence-electron chi connectivity index (χ0n) is 11.8. The van der Waals surface area contributed by atoms with E-state index in [0.717, 1.165) is 11.1 Å². The Morgan fingerprint density at radius 3 is 2.90 bits per heavy atom. The fraction of sp³-hybridized carbons (Fsp3) is 0.188. The molecule has 0 spiro atoms. The summed E-state index contributed by atoms with van der Waals surface area (Å²) in [5.41, 5.74) is 2.46. The third kappa shape index (κ3) is 3.63. The number of amides is 1. The number of ether oxygens (including phenoxy) is 1. The molecule has 4 nitrogen and oxygen atoms in total. The molecule has 0 saturated heterocycles. The van der Waals surface area contributed by atoms with Gasteiger partial charge in [-0.15, -0.1) is 11.3 Å². The first-order valence-corrected chi connectivity index (χ1v) is 7.17. The van der Waals surface area contributed by atoms with Crippen molar-refractivity contribution in [1.82, 2.24) is 0 Å². The van der Waals surface area contributed by atoms with Crippen LogP contribution in [-0.2, 0) is 0 Å². The Morgan fingerprint density at radius 2 is 2.24 bits per heavy atom. The monoisotopic (exact) mass is 301 g/mol. The second-order valence-electron chi connectivity index (χ2n) is 4.26. The normalized spacial score (nSPS) is 9.67. The number of aryl methyl sites for hydroxylation is 1. The van der Waals surface area contributed by atoms with Crippen LogP contribution in [0.15, 0.2) is 29.6 Å². The third-order valence-corrected chi connectivity index (χ3v) is 3.74. The van der Waals surface area contributed by atoms with Gasteiger partial charge in [0, 0.05) is 11.3 Å². The number of thiophene rings is 1. The molecule has 0 aliphatic heterocycles. The van der Waals surface area contributed by atoms with Gasteiger partial charge < -0.3 is 15.2 Å². The molecule has 0 radical (unpaired) electrons. The van der Waals surface area contributed by atoms with Crippen LogP contribution in [0.2, 0.25) is 0 Å². The lowest BCUT2D eigenvalue weighted by molar-refractivity contribution is 0.102. The number of hydrogen-bond donors (Lipinski definition) is 2. The Labute approximate surface area is 127 Å². The lowest BCUT2D eigenvalue weighted by atomic mass is 10.1. The first kappa shape index (κ1) is 15.1. The molecule has 0 atom stereocenters. The molecule has 1 heterocycles. The quantitative estimate of drug-likeness (QED) is 0.857. The summed E-state index contributed by atoms with van der Waals surface area (Å²) in [6, 6.07) is 7.21. The van der Waals surface area contributed by atoms with Gasteiger partial charge in [-0.05, 0) is 42.1 Å². The van der Waals surface area contributed by atoms with Crippen molar-refractivity contribution >= 4 is 22.9 Å². The molecule has 0 fully saturated rings. The van der Waals surface area contributed by atoms with Crippen LogP contribution < -0.4 is 10.1 Å². The molecule has 5 heteroatoms. The molecule has 0 bridgehead atoms. The maximum absolute atomic E-state index is 12.2. The number of hydrogen-bond acceptors (Lipinski definition) is 4. The molecular weight excluding hydrogens is 286 g/mol. The second-order valence-corrected chi connectivity index (χ2v) is 5.18. The molecule has 108 valence electrons. The number of nitrogens with one attached hydrogen (secondary N) is 1. The molecule has 21 heavy (non-hydrogen) atoms. The zero-order valence-corrected chi connectivity index (χ0v) is 12.6. The molecular formula is C16H15NO3S. The van der Waals surface area contributed by atoms with Crippen molar-refractivity contribution in [3.05, 3.63) is 45.6 Å². The number of anilines is 1. The van der Waals surface area contributed by atoms with Gasteiger partial charge in [-0.25, -0.2) is 0 Å². The van der Waals surface area contributed by atoms with Gasteiger partial charge in [0.1, 0.15) is 17.2 Å². The predicted molar refractivity (Wildman–Crippen MR) is 84.0 cm³/mol. The minimum atomic E-state index is -0.199. The maximum Gasteiger partial charge on any atom is 0.269 e. The Hall–Kier alpha value is -2.29. The number of carbonyl (C=O) groups excluding carboxylic acids is 1. The van der Waals surface area contributed by atoms with Gasteiger partial charge in [-0.2, -0.15) is 0 Å². The number of benzene rings is 1. The Bertz CT molecular complexity index is 710. The first-order valence-electron chi connectivity index (χ1n) is 6.29. The fourth-order valence-corrected chi connectivity index (χ4v) is 2.58. The van der Waals surface area contributed by atoms with E-state index in [9.17, 15) is 4.79 Å². The topological polar surface area (TPSA) is 58.6 Å². The highest BCUT2D eigenvalue weighted by molar-refractivity contribution is 7.12. The smallest absolute Gasteiger partial charge is 0.269 e. The molecule has 0 saturated carbocycles. The van der Waals surface area contributed by atoms with Gasteiger partial charge >= 0.3 is 0 Å². The van der Waals surface area contributed by atoms with Gasteiger partial charge in [0.25, 0.3) is 5.91 Å². The second kappa shape index (κ2) is 6.93. The van der Waals surface area contributed by atoms with E-state index in [2.05, 4.69) is 17.2 Å². The van der Waals surface area contributed by atoms with Crippen molar-refractivity contribution in [2.45, 2.75) is 6.92 Å². The largest absolute Gasteiger partial charge is 0.495 e. The van der Waals surface area contributed by atoms with E-state index in [1.54, 1.807) is 12.1 Å². The summed E-state index contributed by atoms with van der Waals surface area (Å²) in [4.78, 5) is 12.7. The van der Waals surface area contributed by atoms with Crippen molar-refractivity contribution in [2.24, 2.45) is 0 Å². The molecule has 1 aromatic heterocycles. The summed E-state index contributed by atoms with van der Waals surface area (Å²) < 4.78 is 5.14. The molecule has 1 amide bonds. The van der Waals surface area contributed by atoms with Crippen molar-refractivity contribution in [3.8, 4) is 17.6 Å². The number of rotatable bonds is 3. The van der Waals surface area contributed by atoms with Crippen LogP contribution in [0.1, 0.15) is 20.8 Å². The van der Waals surface area contributed by atoms with Gasteiger partial charge in [0.2, 0.25) is 0 Å². The molecule has 2 N–H and O–H groups in total. The highest BCUT2D eigenvalue weighted by Crippen LogP contribution is 2.25. The molecule has 0 aliphatic carbocycles. The zero-order chi connectivity index (χ0) is 15.2. The van der Waals surface area contributed by atoms with E-state index < -0.39 is 0 Å². The third-order valence-electron chi connectivity index (χ3n) is 2.84. The summed E-state index contributed by atoms with van der Waals surface area (Å²) in [5, 5.41) is 13.4. The minimum Gasteiger partial charge on any atom is -0.495 e. The highest BCUT2D eigenvalue weighted by atomic mass is 32.1. The van der Waals surface area contributed by atoms with Crippen LogP contribution in [0.5, 0.6) is 5.75 Å². The van der Waals surface area contributed by atoms with E-state index >= 15 is 0 Å². The van der Waals surface area contributed by atoms with Crippen molar-refractivity contribution < 1.29 is 14.6 Å². The van der Waals surface area contributed by atoms with E-state index in [0.29, 0.717) is 16.3 Å².